The lowest BCUT2D eigenvalue weighted by Gasteiger charge is -2.06. The highest BCUT2D eigenvalue weighted by atomic mass is 35.5. The van der Waals surface area contributed by atoms with E-state index in [0.29, 0.717) is 0 Å². The van der Waals surface area contributed by atoms with Crippen LogP contribution in [0.3, 0.4) is 0 Å². The minimum absolute atomic E-state index is 0. The average molecular weight is 494 g/mol. The van der Waals surface area contributed by atoms with Crippen molar-refractivity contribution in [1.82, 2.24) is 21.3 Å². The number of rotatable bonds is 20. The van der Waals surface area contributed by atoms with E-state index in [1.165, 1.54) is 44.9 Å². The largest absolute Gasteiger partial charge is 0.317 e. The highest BCUT2D eigenvalue weighted by Crippen LogP contribution is 2.01. The predicted molar refractivity (Wildman–Crippen MR) is 140 cm³/mol. The minimum atomic E-state index is 0. The lowest BCUT2D eigenvalue weighted by molar-refractivity contribution is 0.541. The molecule has 0 amide bonds. The third-order valence-electron chi connectivity index (χ3n) is 3.90. The van der Waals surface area contributed by atoms with Crippen molar-refractivity contribution < 1.29 is 0 Å². The summed E-state index contributed by atoms with van der Waals surface area (Å²) in [4.78, 5) is 0. The molecule has 29 heavy (non-hydrogen) atoms. The molecule has 0 saturated heterocycles. The van der Waals surface area contributed by atoms with Crippen molar-refractivity contribution in [1.29, 1.82) is 0 Å². The Labute approximate surface area is 204 Å². The maximum Gasteiger partial charge on any atom is 0.0209 e. The second-order valence-corrected chi connectivity index (χ2v) is 6.20. The molecule has 0 aliphatic rings. The van der Waals surface area contributed by atoms with Crippen LogP contribution >= 0.6 is 49.6 Å². The second-order valence-electron chi connectivity index (χ2n) is 6.20. The number of hydrogen-bond donors (Lipinski definition) is 4. The zero-order valence-electron chi connectivity index (χ0n) is 17.8. The molecule has 4 nitrogen and oxygen atoms in total. The molecule has 0 rings (SSSR count). The summed E-state index contributed by atoms with van der Waals surface area (Å²) in [5, 5.41) is 13.7. The Balaban J connectivity index is -0.000000480. The molecule has 0 saturated carbocycles. The van der Waals surface area contributed by atoms with Crippen molar-refractivity contribution in [3.8, 4) is 0 Å². The molecule has 0 aromatic heterocycles. The van der Waals surface area contributed by atoms with Gasteiger partial charge in [0.05, 0.1) is 0 Å². The Hall–Kier alpha value is 0.0400. The fraction of sp³-hybridized carbons (Fsp3) is 0.714. The number of hydrogen-bond acceptors (Lipinski definition) is 4. The van der Waals surface area contributed by atoms with Crippen LogP contribution in [0.2, 0.25) is 0 Å². The molecule has 0 unspecified atom stereocenters. The molecular weight excluding hydrogens is 450 g/mol. The van der Waals surface area contributed by atoms with E-state index < -0.39 is 0 Å². The van der Waals surface area contributed by atoms with Gasteiger partial charge in [-0.3, -0.25) is 0 Å². The van der Waals surface area contributed by atoms with Gasteiger partial charge in [0.2, 0.25) is 0 Å². The van der Waals surface area contributed by atoms with E-state index in [9.17, 15) is 0 Å². The van der Waals surface area contributed by atoms with E-state index in [-0.39, 0.29) is 49.6 Å². The van der Waals surface area contributed by atoms with Gasteiger partial charge < -0.3 is 21.3 Å². The van der Waals surface area contributed by atoms with Crippen LogP contribution in [-0.4, -0.2) is 52.4 Å². The van der Waals surface area contributed by atoms with Crippen LogP contribution in [0.25, 0.3) is 0 Å². The van der Waals surface area contributed by atoms with Crippen molar-refractivity contribution in [2.75, 3.05) is 52.4 Å². The highest BCUT2D eigenvalue weighted by molar-refractivity contribution is 5.86. The zero-order valence-corrected chi connectivity index (χ0v) is 21.1. The molecule has 0 atom stereocenters. The summed E-state index contributed by atoms with van der Waals surface area (Å²) in [6.07, 6.45) is 12.8. The lowest BCUT2D eigenvalue weighted by Crippen LogP contribution is -2.23. The molecule has 0 aromatic carbocycles. The Morgan fingerprint density at radius 2 is 0.759 bits per heavy atom. The van der Waals surface area contributed by atoms with Crippen LogP contribution in [0.4, 0.5) is 0 Å². The maximum absolute atomic E-state index is 3.54. The summed E-state index contributed by atoms with van der Waals surface area (Å²) >= 11 is 0. The van der Waals surface area contributed by atoms with E-state index in [1.807, 2.05) is 12.2 Å². The van der Waals surface area contributed by atoms with Gasteiger partial charge in [-0.25, -0.2) is 0 Å². The molecular formula is C21H44Cl4N4. The van der Waals surface area contributed by atoms with Crippen molar-refractivity contribution in [2.24, 2.45) is 0 Å². The average Bonchev–Trinajstić information content (AvgIpc) is 2.63. The Bertz CT molecular complexity index is 338. The van der Waals surface area contributed by atoms with Crippen molar-refractivity contribution in [3.05, 3.63) is 36.8 Å². The first kappa shape index (κ1) is 39.5. The van der Waals surface area contributed by atoms with E-state index in [0.717, 1.165) is 52.4 Å². The lowest BCUT2D eigenvalue weighted by atomic mass is 10.1. The summed E-state index contributed by atoms with van der Waals surface area (Å²) in [6, 6.07) is 0. The van der Waals surface area contributed by atoms with Gasteiger partial charge in [-0.05, 0) is 77.1 Å². The number of nitrogens with one attached hydrogen (secondary N) is 4. The van der Waals surface area contributed by atoms with Gasteiger partial charge in [-0.1, -0.05) is 32.4 Å². The molecule has 0 bridgehead atoms. The number of unbranched alkanes of at least 4 members (excludes halogenated alkanes) is 4. The normalized spacial score (nSPS) is 8.83. The highest BCUT2D eigenvalue weighted by Gasteiger charge is 1.93. The second kappa shape index (κ2) is 38.6. The smallest absolute Gasteiger partial charge is 0.0209 e. The van der Waals surface area contributed by atoms with E-state index >= 15 is 0 Å². The molecule has 0 spiro atoms. The Kier molecular flexibility index (Phi) is 52.6. The van der Waals surface area contributed by atoms with Crippen molar-refractivity contribution in [2.45, 2.75) is 44.9 Å². The number of halogens is 4. The molecule has 8 heteroatoms. The van der Waals surface area contributed by atoms with Gasteiger partial charge in [0.1, 0.15) is 0 Å². The first-order chi connectivity index (χ1) is 12.4. The standard InChI is InChI=1S/C21H40N4.4ClH/c1-3-5-14-22-18-12-20-24-16-10-8-7-9-11-17-25-21-13-19-23-15-6-4-2;;;;/h5-6,22-25H,1-2,7-21H2;4*1H. The Morgan fingerprint density at radius 1 is 0.448 bits per heavy atom. The van der Waals surface area contributed by atoms with Crippen LogP contribution in [-0.2, 0) is 0 Å². The van der Waals surface area contributed by atoms with Crippen molar-refractivity contribution in [3.63, 3.8) is 0 Å². The van der Waals surface area contributed by atoms with Gasteiger partial charge >= 0.3 is 0 Å². The quantitative estimate of drug-likeness (QED) is 0.149. The van der Waals surface area contributed by atoms with E-state index in [2.05, 4.69) is 45.9 Å². The van der Waals surface area contributed by atoms with Crippen LogP contribution in [0, 0.1) is 0 Å². The summed E-state index contributed by atoms with van der Waals surface area (Å²) in [7, 11) is 0. The fourth-order valence-corrected chi connectivity index (χ4v) is 2.45. The first-order valence-electron chi connectivity index (χ1n) is 9.93. The van der Waals surface area contributed by atoms with Gasteiger partial charge in [-0.15, -0.1) is 61.1 Å². The van der Waals surface area contributed by atoms with E-state index in [1.54, 1.807) is 0 Å². The summed E-state index contributed by atoms with van der Waals surface area (Å²) in [5.41, 5.74) is 5.53. The minimum Gasteiger partial charge on any atom is -0.317 e. The van der Waals surface area contributed by atoms with Gasteiger partial charge in [0, 0.05) is 13.1 Å². The maximum atomic E-state index is 3.54. The molecule has 4 N–H and O–H groups in total. The molecule has 0 radical (unpaired) electrons. The molecule has 0 fully saturated rings. The summed E-state index contributed by atoms with van der Waals surface area (Å²) in [6.45, 7) is 15.5. The van der Waals surface area contributed by atoms with Crippen LogP contribution in [0.15, 0.2) is 36.8 Å². The molecule has 176 valence electrons. The van der Waals surface area contributed by atoms with Crippen LogP contribution < -0.4 is 21.3 Å². The molecule has 0 aliphatic heterocycles. The SMILES string of the molecule is C=C=CCNCCCNCCCCCCCNCCCNCC=C=C.Cl.Cl.Cl.Cl. The van der Waals surface area contributed by atoms with E-state index in [4.69, 9.17) is 0 Å². The third-order valence-corrected chi connectivity index (χ3v) is 3.90. The van der Waals surface area contributed by atoms with Crippen molar-refractivity contribution >= 4 is 49.6 Å². The summed E-state index contributed by atoms with van der Waals surface area (Å²) < 4.78 is 0. The first-order valence-corrected chi connectivity index (χ1v) is 9.93. The zero-order chi connectivity index (χ0) is 18.3. The van der Waals surface area contributed by atoms with Crippen LogP contribution in [0.1, 0.15) is 44.9 Å². The fourth-order valence-electron chi connectivity index (χ4n) is 2.45. The molecule has 0 aromatic rings. The third kappa shape index (κ3) is 39.1. The van der Waals surface area contributed by atoms with Crippen LogP contribution in [0.5, 0.6) is 0 Å². The Morgan fingerprint density at radius 3 is 1.14 bits per heavy atom. The molecule has 0 heterocycles. The van der Waals surface area contributed by atoms with Gasteiger partial charge in [0.25, 0.3) is 0 Å². The summed E-state index contributed by atoms with van der Waals surface area (Å²) in [5.74, 6) is 0. The monoisotopic (exact) mass is 492 g/mol. The van der Waals surface area contributed by atoms with Gasteiger partial charge in [0.15, 0.2) is 0 Å². The van der Waals surface area contributed by atoms with Gasteiger partial charge in [-0.2, -0.15) is 0 Å². The predicted octanol–water partition coefficient (Wildman–Crippen LogP) is 4.44. The topological polar surface area (TPSA) is 48.1 Å². The molecule has 0 aliphatic carbocycles.